The summed E-state index contributed by atoms with van der Waals surface area (Å²) in [4.78, 5) is 15.7. The van der Waals surface area contributed by atoms with Gasteiger partial charge in [0.2, 0.25) is 0 Å². The van der Waals surface area contributed by atoms with E-state index in [0.29, 0.717) is 11.7 Å². The number of carboxylic acid groups (broad SMARTS) is 1. The van der Waals surface area contributed by atoms with Crippen LogP contribution in [0.1, 0.15) is 40.2 Å². The first-order valence-electron chi connectivity index (χ1n) is 9.62. The number of rotatable bonds is 6. The minimum Gasteiger partial charge on any atom is -0.497 e. The number of carboxylic acids is 1. The lowest BCUT2D eigenvalue weighted by molar-refractivity contribution is -0.137. The van der Waals surface area contributed by atoms with Crippen LogP contribution in [0.2, 0.25) is 0 Å². The van der Waals surface area contributed by atoms with Crippen LogP contribution >= 0.6 is 0 Å². The Morgan fingerprint density at radius 1 is 1.16 bits per heavy atom. The highest BCUT2D eigenvalue weighted by Crippen LogP contribution is 2.42. The lowest BCUT2D eigenvalue weighted by Gasteiger charge is -2.16. The maximum atomic E-state index is 13.8. The van der Waals surface area contributed by atoms with E-state index in [1.54, 1.807) is 30.3 Å². The number of carbonyl (C=O) groups is 1. The molecule has 1 saturated carbocycles. The number of hydrogen-bond acceptors (Lipinski definition) is 4. The van der Waals surface area contributed by atoms with Gasteiger partial charge in [-0.15, -0.1) is 0 Å². The van der Waals surface area contributed by atoms with Crippen LogP contribution in [-0.4, -0.2) is 23.2 Å². The van der Waals surface area contributed by atoms with Crippen molar-refractivity contribution in [3.05, 3.63) is 71.4 Å². The topological polar surface area (TPSA) is 71.5 Å². The van der Waals surface area contributed by atoms with Crippen molar-refractivity contribution in [2.75, 3.05) is 12.4 Å². The first kappa shape index (κ1) is 20.7. The van der Waals surface area contributed by atoms with Gasteiger partial charge < -0.3 is 15.2 Å². The maximum absolute atomic E-state index is 13.8. The second-order valence-electron chi connectivity index (χ2n) is 7.36. The molecule has 0 saturated heterocycles. The first-order valence-corrected chi connectivity index (χ1v) is 9.62. The zero-order valence-electron chi connectivity index (χ0n) is 16.5. The van der Waals surface area contributed by atoms with E-state index in [0.717, 1.165) is 24.5 Å². The molecule has 0 aliphatic heterocycles. The standard InChI is InChI=1S/C23H19F3N2O3/c1-31-17-4-2-3-15(9-17)21-19(23(24,25)26)11-16(12-27-21)28-20-8-7-14(13-5-6-13)10-18(20)22(29)30/h2-4,7-13,28H,5-6H2,1H3,(H,29,30). The number of benzene rings is 2. The summed E-state index contributed by atoms with van der Waals surface area (Å²) in [6, 6.07) is 12.1. The molecule has 160 valence electrons. The molecule has 31 heavy (non-hydrogen) atoms. The van der Waals surface area contributed by atoms with Crippen molar-refractivity contribution in [1.82, 2.24) is 4.98 Å². The van der Waals surface area contributed by atoms with Gasteiger partial charge in [-0.25, -0.2) is 4.79 Å². The molecule has 0 radical (unpaired) electrons. The molecule has 2 N–H and O–H groups in total. The Kier molecular flexibility index (Phi) is 5.31. The molecule has 0 bridgehead atoms. The number of nitrogens with zero attached hydrogens (tertiary/aromatic N) is 1. The summed E-state index contributed by atoms with van der Waals surface area (Å²) in [7, 11) is 1.43. The minimum absolute atomic E-state index is 0.00910. The van der Waals surface area contributed by atoms with Crippen LogP contribution in [0.3, 0.4) is 0 Å². The fourth-order valence-electron chi connectivity index (χ4n) is 3.42. The van der Waals surface area contributed by atoms with Gasteiger partial charge in [0.1, 0.15) is 5.75 Å². The number of methoxy groups -OCH3 is 1. The summed E-state index contributed by atoms with van der Waals surface area (Å²) in [6.45, 7) is 0. The lowest BCUT2D eigenvalue weighted by atomic mass is 10.0. The van der Waals surface area contributed by atoms with Gasteiger partial charge in [-0.1, -0.05) is 18.2 Å². The third-order valence-corrected chi connectivity index (χ3v) is 5.14. The number of halogens is 3. The molecule has 0 atom stereocenters. The van der Waals surface area contributed by atoms with Crippen LogP contribution in [0.4, 0.5) is 24.5 Å². The van der Waals surface area contributed by atoms with Crippen LogP contribution in [0.5, 0.6) is 5.75 Å². The molecule has 0 spiro atoms. The van der Waals surface area contributed by atoms with Gasteiger partial charge in [0.25, 0.3) is 0 Å². The summed E-state index contributed by atoms with van der Waals surface area (Å²) in [5, 5.41) is 12.3. The number of aromatic nitrogens is 1. The van der Waals surface area contributed by atoms with E-state index in [1.807, 2.05) is 0 Å². The molecule has 2 aromatic carbocycles. The number of ether oxygens (including phenoxy) is 1. The molecule has 0 amide bonds. The summed E-state index contributed by atoms with van der Waals surface area (Å²) in [6.07, 6.45) is -1.38. The highest BCUT2D eigenvalue weighted by atomic mass is 19.4. The van der Waals surface area contributed by atoms with Crippen molar-refractivity contribution in [2.24, 2.45) is 0 Å². The number of hydrogen-bond donors (Lipinski definition) is 2. The second kappa shape index (κ2) is 7.94. The lowest BCUT2D eigenvalue weighted by Crippen LogP contribution is -2.10. The average molecular weight is 428 g/mol. The predicted octanol–water partition coefficient (Wildman–Crippen LogP) is 6.10. The van der Waals surface area contributed by atoms with Gasteiger partial charge in [0.05, 0.1) is 41.5 Å². The van der Waals surface area contributed by atoms with E-state index in [1.165, 1.54) is 25.4 Å². The van der Waals surface area contributed by atoms with Crippen molar-refractivity contribution < 1.29 is 27.8 Å². The molecule has 1 fully saturated rings. The van der Waals surface area contributed by atoms with Crippen LogP contribution in [0.15, 0.2) is 54.7 Å². The Bertz CT molecular complexity index is 1140. The van der Waals surface area contributed by atoms with Crippen molar-refractivity contribution in [1.29, 1.82) is 0 Å². The molecular weight excluding hydrogens is 409 g/mol. The number of alkyl halides is 3. The molecule has 0 unspecified atom stereocenters. The van der Waals surface area contributed by atoms with E-state index in [2.05, 4.69) is 10.3 Å². The van der Waals surface area contributed by atoms with Crippen LogP contribution in [0.25, 0.3) is 11.3 Å². The Balaban J connectivity index is 1.73. The molecule has 1 aliphatic rings. The summed E-state index contributed by atoms with van der Waals surface area (Å²) in [5.74, 6) is -0.383. The fraction of sp³-hybridized carbons (Fsp3) is 0.217. The average Bonchev–Trinajstić information content (AvgIpc) is 3.58. The molecule has 5 nitrogen and oxygen atoms in total. The number of anilines is 2. The molecular formula is C23H19F3N2O3. The highest BCUT2D eigenvalue weighted by Gasteiger charge is 2.35. The van der Waals surface area contributed by atoms with E-state index in [4.69, 9.17) is 4.74 Å². The van der Waals surface area contributed by atoms with Gasteiger partial charge in [-0.3, -0.25) is 4.98 Å². The minimum atomic E-state index is -4.66. The smallest absolute Gasteiger partial charge is 0.418 e. The SMILES string of the molecule is COc1cccc(-c2ncc(Nc3ccc(C4CC4)cc3C(=O)O)cc2C(F)(F)F)c1. The normalized spacial score (nSPS) is 13.7. The molecule has 8 heteroatoms. The number of pyridine rings is 1. The first-order chi connectivity index (χ1) is 14.8. The number of nitrogens with one attached hydrogen (secondary N) is 1. The molecule has 4 rings (SSSR count). The Morgan fingerprint density at radius 2 is 1.94 bits per heavy atom. The monoisotopic (exact) mass is 428 g/mol. The third-order valence-electron chi connectivity index (χ3n) is 5.14. The fourth-order valence-corrected chi connectivity index (χ4v) is 3.42. The maximum Gasteiger partial charge on any atom is 0.418 e. The summed E-state index contributed by atoms with van der Waals surface area (Å²) in [5.41, 5.74) is 0.275. The van der Waals surface area contributed by atoms with Crippen molar-refractivity contribution in [2.45, 2.75) is 24.9 Å². The van der Waals surface area contributed by atoms with Gasteiger partial charge in [0, 0.05) is 5.56 Å². The highest BCUT2D eigenvalue weighted by molar-refractivity contribution is 5.95. The van der Waals surface area contributed by atoms with Crippen molar-refractivity contribution in [3.8, 4) is 17.0 Å². The second-order valence-corrected chi connectivity index (χ2v) is 7.36. The molecule has 3 aromatic rings. The van der Waals surface area contributed by atoms with Gasteiger partial charge in [-0.05, 0) is 54.7 Å². The summed E-state index contributed by atoms with van der Waals surface area (Å²) >= 11 is 0. The quantitative estimate of drug-likeness (QED) is 0.497. The Labute approximate surface area is 176 Å². The van der Waals surface area contributed by atoms with Gasteiger partial charge in [0.15, 0.2) is 0 Å². The molecule has 1 heterocycles. The van der Waals surface area contributed by atoms with E-state index in [-0.39, 0.29) is 28.2 Å². The van der Waals surface area contributed by atoms with Gasteiger partial charge >= 0.3 is 12.1 Å². The van der Waals surface area contributed by atoms with Crippen LogP contribution in [0, 0.1) is 0 Å². The third kappa shape index (κ3) is 4.47. The van der Waals surface area contributed by atoms with Crippen molar-refractivity contribution in [3.63, 3.8) is 0 Å². The Hall–Kier alpha value is -3.55. The number of aromatic carboxylic acids is 1. The van der Waals surface area contributed by atoms with Crippen LogP contribution < -0.4 is 10.1 Å². The summed E-state index contributed by atoms with van der Waals surface area (Å²) < 4.78 is 46.5. The van der Waals surface area contributed by atoms with E-state index in [9.17, 15) is 23.1 Å². The zero-order valence-corrected chi connectivity index (χ0v) is 16.5. The molecule has 1 aromatic heterocycles. The zero-order chi connectivity index (χ0) is 22.2. The van der Waals surface area contributed by atoms with Gasteiger partial charge in [-0.2, -0.15) is 13.2 Å². The van der Waals surface area contributed by atoms with Crippen molar-refractivity contribution >= 4 is 17.3 Å². The van der Waals surface area contributed by atoms with Crippen LogP contribution in [-0.2, 0) is 6.18 Å². The van der Waals surface area contributed by atoms with E-state index < -0.39 is 17.7 Å². The Morgan fingerprint density at radius 3 is 2.58 bits per heavy atom. The predicted molar refractivity (Wildman–Crippen MR) is 110 cm³/mol. The molecule has 1 aliphatic carbocycles. The largest absolute Gasteiger partial charge is 0.497 e. The van der Waals surface area contributed by atoms with E-state index >= 15 is 0 Å².